The number of alkyl halides is 3. The van der Waals surface area contributed by atoms with Crippen LogP contribution >= 0.6 is 11.6 Å². The molecule has 1 heterocycles. The van der Waals surface area contributed by atoms with Crippen LogP contribution in [0.5, 0.6) is 5.75 Å². The molecule has 8 heteroatoms. The standard InChI is InChI=1S/C20H16ClF3N2O2/c1-12-6-3-4-7-13(12)10-26-11-16(28-2)19(27)25-18(26)14-8-5-9-15(17(14)21)20(22,23)24/h3-9,11H,10H2,1-2H3. The summed E-state index contributed by atoms with van der Waals surface area (Å²) in [4.78, 5) is 16.1. The largest absolute Gasteiger partial charge is 0.490 e. The zero-order valence-corrected chi connectivity index (χ0v) is 15.8. The highest BCUT2D eigenvalue weighted by Crippen LogP contribution is 2.39. The van der Waals surface area contributed by atoms with Gasteiger partial charge in [0, 0.05) is 12.1 Å². The van der Waals surface area contributed by atoms with Crippen LogP contribution < -0.4 is 10.3 Å². The van der Waals surface area contributed by atoms with Gasteiger partial charge in [0.2, 0.25) is 5.75 Å². The van der Waals surface area contributed by atoms with Gasteiger partial charge in [-0.2, -0.15) is 18.2 Å². The van der Waals surface area contributed by atoms with Crippen LogP contribution in [0.25, 0.3) is 11.4 Å². The molecular weight excluding hydrogens is 393 g/mol. The molecule has 0 spiro atoms. The van der Waals surface area contributed by atoms with Gasteiger partial charge in [-0.05, 0) is 30.2 Å². The highest BCUT2D eigenvalue weighted by molar-refractivity contribution is 6.34. The first kappa shape index (κ1) is 19.9. The average molecular weight is 409 g/mol. The molecule has 0 atom stereocenters. The SMILES string of the molecule is COc1cn(Cc2ccccc2C)c(-c2cccc(C(F)(F)F)c2Cl)nc1=O. The lowest BCUT2D eigenvalue weighted by molar-refractivity contribution is -0.137. The molecule has 28 heavy (non-hydrogen) atoms. The number of nitrogens with zero attached hydrogens (tertiary/aromatic N) is 2. The summed E-state index contributed by atoms with van der Waals surface area (Å²) in [6, 6.07) is 11.1. The van der Waals surface area contributed by atoms with Gasteiger partial charge in [0.15, 0.2) is 0 Å². The topological polar surface area (TPSA) is 44.1 Å². The van der Waals surface area contributed by atoms with Crippen molar-refractivity contribution >= 4 is 11.6 Å². The van der Waals surface area contributed by atoms with Crippen LogP contribution in [0.15, 0.2) is 53.5 Å². The molecule has 0 fully saturated rings. The van der Waals surface area contributed by atoms with E-state index in [4.69, 9.17) is 16.3 Å². The number of methoxy groups -OCH3 is 1. The number of ether oxygens (including phenoxy) is 1. The van der Waals surface area contributed by atoms with Gasteiger partial charge in [-0.25, -0.2) is 0 Å². The Morgan fingerprint density at radius 3 is 2.50 bits per heavy atom. The number of aromatic nitrogens is 2. The molecule has 1 aromatic heterocycles. The van der Waals surface area contributed by atoms with E-state index in [2.05, 4.69) is 4.98 Å². The smallest absolute Gasteiger partial charge is 0.417 e. The third-order valence-corrected chi connectivity index (χ3v) is 4.74. The maximum atomic E-state index is 13.2. The molecule has 3 rings (SSSR count). The van der Waals surface area contributed by atoms with E-state index in [0.29, 0.717) is 0 Å². The van der Waals surface area contributed by atoms with Crippen molar-refractivity contribution in [3.63, 3.8) is 0 Å². The van der Waals surface area contributed by atoms with Crippen molar-refractivity contribution in [3.8, 4) is 17.1 Å². The summed E-state index contributed by atoms with van der Waals surface area (Å²) in [6.45, 7) is 2.19. The molecular formula is C20H16ClF3N2O2. The Morgan fingerprint density at radius 2 is 1.86 bits per heavy atom. The molecule has 0 aliphatic carbocycles. The zero-order valence-electron chi connectivity index (χ0n) is 15.0. The minimum Gasteiger partial charge on any atom is -0.490 e. The second kappa shape index (κ2) is 7.67. The molecule has 0 aliphatic rings. The summed E-state index contributed by atoms with van der Waals surface area (Å²) < 4.78 is 46.4. The third kappa shape index (κ3) is 3.89. The van der Waals surface area contributed by atoms with Crippen molar-refractivity contribution in [2.24, 2.45) is 0 Å². The van der Waals surface area contributed by atoms with E-state index in [-0.39, 0.29) is 23.7 Å². The fourth-order valence-electron chi connectivity index (χ4n) is 2.84. The summed E-state index contributed by atoms with van der Waals surface area (Å²) in [7, 11) is 1.33. The summed E-state index contributed by atoms with van der Waals surface area (Å²) >= 11 is 6.05. The molecule has 0 amide bonds. The maximum absolute atomic E-state index is 13.2. The Morgan fingerprint density at radius 1 is 1.14 bits per heavy atom. The van der Waals surface area contributed by atoms with E-state index < -0.39 is 22.3 Å². The number of halogens is 4. The Bertz CT molecular complexity index is 1080. The monoisotopic (exact) mass is 408 g/mol. The molecule has 0 N–H and O–H groups in total. The van der Waals surface area contributed by atoms with E-state index in [1.54, 1.807) is 4.57 Å². The fourth-order valence-corrected chi connectivity index (χ4v) is 3.16. The van der Waals surface area contributed by atoms with Crippen molar-refractivity contribution in [2.75, 3.05) is 7.11 Å². The second-order valence-corrected chi connectivity index (χ2v) is 6.54. The van der Waals surface area contributed by atoms with E-state index in [1.807, 2.05) is 31.2 Å². The summed E-state index contributed by atoms with van der Waals surface area (Å²) in [6.07, 6.45) is -3.20. The first-order valence-electron chi connectivity index (χ1n) is 8.28. The van der Waals surface area contributed by atoms with Gasteiger partial charge < -0.3 is 9.30 Å². The van der Waals surface area contributed by atoms with Crippen LogP contribution in [0.1, 0.15) is 16.7 Å². The van der Waals surface area contributed by atoms with Crippen molar-refractivity contribution in [1.82, 2.24) is 9.55 Å². The molecule has 0 saturated heterocycles. The zero-order chi connectivity index (χ0) is 20.5. The van der Waals surface area contributed by atoms with Gasteiger partial charge in [-0.15, -0.1) is 0 Å². The lowest BCUT2D eigenvalue weighted by Crippen LogP contribution is -2.18. The highest BCUT2D eigenvalue weighted by atomic mass is 35.5. The quantitative estimate of drug-likeness (QED) is 0.613. The second-order valence-electron chi connectivity index (χ2n) is 6.16. The molecule has 3 aromatic rings. The molecule has 146 valence electrons. The van der Waals surface area contributed by atoms with E-state index >= 15 is 0 Å². The lowest BCUT2D eigenvalue weighted by atomic mass is 10.1. The van der Waals surface area contributed by atoms with Crippen molar-refractivity contribution in [2.45, 2.75) is 19.6 Å². The van der Waals surface area contributed by atoms with Crippen LogP contribution in [-0.4, -0.2) is 16.7 Å². The Hall–Kier alpha value is -2.80. The molecule has 2 aromatic carbocycles. The van der Waals surface area contributed by atoms with Gasteiger partial charge in [0.1, 0.15) is 5.82 Å². The predicted molar refractivity (Wildman–Crippen MR) is 101 cm³/mol. The van der Waals surface area contributed by atoms with Crippen molar-refractivity contribution < 1.29 is 17.9 Å². The predicted octanol–water partition coefficient (Wildman–Crippen LogP) is 4.95. The summed E-state index contributed by atoms with van der Waals surface area (Å²) in [5.74, 6) is 0.0191. The minimum absolute atomic E-state index is 0.0135. The van der Waals surface area contributed by atoms with E-state index in [1.165, 1.54) is 25.4 Å². The van der Waals surface area contributed by atoms with Crippen LogP contribution in [0.2, 0.25) is 5.02 Å². The first-order chi connectivity index (χ1) is 13.2. The van der Waals surface area contributed by atoms with Gasteiger partial charge in [0.25, 0.3) is 0 Å². The average Bonchev–Trinajstić information content (AvgIpc) is 2.64. The Kier molecular flexibility index (Phi) is 5.47. The number of benzene rings is 2. The van der Waals surface area contributed by atoms with Crippen molar-refractivity contribution in [1.29, 1.82) is 0 Å². The minimum atomic E-state index is -4.62. The Labute approximate surface area is 164 Å². The summed E-state index contributed by atoms with van der Waals surface area (Å²) in [5.41, 5.74) is 0.247. The maximum Gasteiger partial charge on any atom is 0.417 e. The fraction of sp³-hybridized carbons (Fsp3) is 0.200. The van der Waals surface area contributed by atoms with E-state index in [9.17, 15) is 18.0 Å². The van der Waals surface area contributed by atoms with Gasteiger partial charge in [-0.1, -0.05) is 41.9 Å². The van der Waals surface area contributed by atoms with E-state index in [0.717, 1.165) is 17.2 Å². The molecule has 0 bridgehead atoms. The first-order valence-corrected chi connectivity index (χ1v) is 8.66. The third-order valence-electron chi connectivity index (χ3n) is 4.33. The van der Waals surface area contributed by atoms with Crippen LogP contribution in [0.3, 0.4) is 0 Å². The Balaban J connectivity index is 2.23. The normalized spacial score (nSPS) is 11.5. The molecule has 0 radical (unpaired) electrons. The molecule has 4 nitrogen and oxygen atoms in total. The van der Waals surface area contributed by atoms with Crippen molar-refractivity contribution in [3.05, 3.63) is 80.7 Å². The number of hydrogen-bond donors (Lipinski definition) is 0. The number of hydrogen-bond acceptors (Lipinski definition) is 3. The molecule has 0 aliphatic heterocycles. The lowest BCUT2D eigenvalue weighted by Gasteiger charge is -2.17. The van der Waals surface area contributed by atoms with Crippen LogP contribution in [-0.2, 0) is 12.7 Å². The summed E-state index contributed by atoms with van der Waals surface area (Å²) in [5, 5.41) is -0.509. The van der Waals surface area contributed by atoms with Gasteiger partial charge >= 0.3 is 11.7 Å². The van der Waals surface area contributed by atoms with Gasteiger partial charge in [-0.3, -0.25) is 4.79 Å². The van der Waals surface area contributed by atoms with Crippen LogP contribution in [0, 0.1) is 6.92 Å². The highest BCUT2D eigenvalue weighted by Gasteiger charge is 2.34. The van der Waals surface area contributed by atoms with Crippen LogP contribution in [0.4, 0.5) is 13.2 Å². The molecule has 0 unspecified atom stereocenters. The number of rotatable bonds is 4. The molecule has 0 saturated carbocycles. The number of aryl methyl sites for hydroxylation is 1. The van der Waals surface area contributed by atoms with Gasteiger partial charge in [0.05, 0.1) is 23.9 Å².